The third kappa shape index (κ3) is 2.82. The van der Waals surface area contributed by atoms with Crippen LogP contribution in [0.25, 0.3) is 0 Å². The van der Waals surface area contributed by atoms with Gasteiger partial charge in [-0.1, -0.05) is 25.1 Å². The molecule has 0 spiro atoms. The zero-order chi connectivity index (χ0) is 13.8. The summed E-state index contributed by atoms with van der Waals surface area (Å²) in [5, 5.41) is 11.5. The number of rotatable bonds is 5. The van der Waals surface area contributed by atoms with Gasteiger partial charge in [0.25, 0.3) is 5.89 Å². The molecular formula is C15H19N3O2. The minimum atomic E-state index is 0.208. The zero-order valence-corrected chi connectivity index (χ0v) is 11.6. The lowest BCUT2D eigenvalue weighted by Crippen LogP contribution is -2.12. The van der Waals surface area contributed by atoms with E-state index < -0.39 is 0 Å². The van der Waals surface area contributed by atoms with Crippen molar-refractivity contribution in [2.45, 2.75) is 38.8 Å². The lowest BCUT2D eigenvalue weighted by molar-refractivity contribution is 0.253. The van der Waals surface area contributed by atoms with Crippen LogP contribution in [-0.4, -0.2) is 16.7 Å². The monoisotopic (exact) mass is 273 g/mol. The van der Waals surface area contributed by atoms with Gasteiger partial charge in [0.1, 0.15) is 5.75 Å². The lowest BCUT2D eigenvalue weighted by atomic mass is 10.1. The van der Waals surface area contributed by atoms with Gasteiger partial charge in [0.15, 0.2) is 6.61 Å². The molecule has 0 saturated carbocycles. The zero-order valence-electron chi connectivity index (χ0n) is 11.6. The third-order valence-electron chi connectivity index (χ3n) is 3.55. The van der Waals surface area contributed by atoms with Crippen LogP contribution in [0.2, 0.25) is 0 Å². The Kier molecular flexibility index (Phi) is 3.97. The van der Waals surface area contributed by atoms with Crippen molar-refractivity contribution in [1.82, 2.24) is 15.5 Å². The topological polar surface area (TPSA) is 60.2 Å². The minimum Gasteiger partial charge on any atom is -0.484 e. The minimum absolute atomic E-state index is 0.208. The largest absolute Gasteiger partial charge is 0.484 e. The molecular weight excluding hydrogens is 254 g/mol. The van der Waals surface area contributed by atoms with Crippen molar-refractivity contribution in [3.63, 3.8) is 0 Å². The Bertz CT molecular complexity index is 562. The van der Waals surface area contributed by atoms with E-state index >= 15 is 0 Å². The molecule has 1 aromatic heterocycles. The second kappa shape index (κ2) is 6.05. The van der Waals surface area contributed by atoms with Gasteiger partial charge in [0, 0.05) is 0 Å². The molecule has 0 aliphatic carbocycles. The number of para-hydroxylation sites is 1. The summed E-state index contributed by atoms with van der Waals surface area (Å²) in [4.78, 5) is 0. The molecule has 2 aromatic rings. The molecule has 1 unspecified atom stereocenters. The molecule has 2 heterocycles. The Morgan fingerprint density at radius 2 is 2.25 bits per heavy atom. The number of hydrogen-bond acceptors (Lipinski definition) is 5. The van der Waals surface area contributed by atoms with Crippen molar-refractivity contribution < 1.29 is 9.15 Å². The summed E-state index contributed by atoms with van der Waals surface area (Å²) < 4.78 is 11.4. The fourth-order valence-electron chi connectivity index (χ4n) is 2.44. The molecule has 1 aliphatic rings. The highest BCUT2D eigenvalue weighted by Gasteiger charge is 2.22. The van der Waals surface area contributed by atoms with Gasteiger partial charge in [-0.15, -0.1) is 10.2 Å². The highest BCUT2D eigenvalue weighted by molar-refractivity contribution is 5.33. The Balaban J connectivity index is 1.63. The maximum atomic E-state index is 5.77. The second-order valence-corrected chi connectivity index (χ2v) is 4.93. The molecule has 0 amide bonds. The Labute approximate surface area is 118 Å². The first-order valence-corrected chi connectivity index (χ1v) is 7.13. The number of nitrogens with one attached hydrogen (secondary N) is 1. The van der Waals surface area contributed by atoms with E-state index in [2.05, 4.69) is 28.5 Å². The van der Waals surface area contributed by atoms with Crippen molar-refractivity contribution in [2.24, 2.45) is 0 Å². The van der Waals surface area contributed by atoms with E-state index in [9.17, 15) is 0 Å². The quantitative estimate of drug-likeness (QED) is 0.907. The predicted molar refractivity (Wildman–Crippen MR) is 74.4 cm³/mol. The molecule has 1 fully saturated rings. The smallest absolute Gasteiger partial charge is 0.253 e. The summed E-state index contributed by atoms with van der Waals surface area (Å²) in [5.41, 5.74) is 1.18. The Morgan fingerprint density at radius 3 is 3.05 bits per heavy atom. The summed E-state index contributed by atoms with van der Waals surface area (Å²) in [6, 6.07) is 8.23. The van der Waals surface area contributed by atoms with Crippen LogP contribution >= 0.6 is 0 Å². The predicted octanol–water partition coefficient (Wildman–Crippen LogP) is 2.64. The summed E-state index contributed by atoms with van der Waals surface area (Å²) in [7, 11) is 0. The van der Waals surface area contributed by atoms with Crippen LogP contribution in [0.1, 0.15) is 43.2 Å². The SMILES string of the molecule is CCc1ccccc1OCc1nnc(C2CCCN2)o1. The van der Waals surface area contributed by atoms with Gasteiger partial charge in [-0.2, -0.15) is 0 Å². The molecule has 1 atom stereocenters. The van der Waals surface area contributed by atoms with E-state index in [-0.39, 0.29) is 6.04 Å². The Hall–Kier alpha value is -1.88. The molecule has 0 radical (unpaired) electrons. The van der Waals surface area contributed by atoms with Crippen LogP contribution < -0.4 is 10.1 Å². The van der Waals surface area contributed by atoms with Gasteiger partial charge in [0.2, 0.25) is 5.89 Å². The normalized spacial score (nSPS) is 18.4. The Morgan fingerprint density at radius 1 is 1.35 bits per heavy atom. The molecule has 1 aliphatic heterocycles. The third-order valence-corrected chi connectivity index (χ3v) is 3.55. The number of benzene rings is 1. The second-order valence-electron chi connectivity index (χ2n) is 4.93. The molecule has 1 aromatic carbocycles. The summed E-state index contributed by atoms with van der Waals surface area (Å²) in [6.45, 7) is 3.44. The van der Waals surface area contributed by atoms with E-state index in [1.54, 1.807) is 0 Å². The molecule has 20 heavy (non-hydrogen) atoms. The van der Waals surface area contributed by atoms with Crippen LogP contribution in [0.15, 0.2) is 28.7 Å². The molecule has 5 nitrogen and oxygen atoms in total. The number of hydrogen-bond donors (Lipinski definition) is 1. The van der Waals surface area contributed by atoms with Gasteiger partial charge in [-0.05, 0) is 37.4 Å². The molecule has 0 bridgehead atoms. The highest BCUT2D eigenvalue weighted by Crippen LogP contribution is 2.23. The van der Waals surface area contributed by atoms with Crippen molar-refractivity contribution in [1.29, 1.82) is 0 Å². The number of aromatic nitrogens is 2. The van der Waals surface area contributed by atoms with Crippen molar-refractivity contribution in [3.8, 4) is 5.75 Å². The average molecular weight is 273 g/mol. The van der Waals surface area contributed by atoms with Crippen molar-refractivity contribution >= 4 is 0 Å². The van der Waals surface area contributed by atoms with Crippen LogP contribution in [0.4, 0.5) is 0 Å². The van der Waals surface area contributed by atoms with E-state index in [0.29, 0.717) is 18.4 Å². The highest BCUT2D eigenvalue weighted by atomic mass is 16.5. The first-order valence-electron chi connectivity index (χ1n) is 7.13. The van der Waals surface area contributed by atoms with Crippen LogP contribution in [0.3, 0.4) is 0 Å². The molecule has 1 N–H and O–H groups in total. The molecule has 3 rings (SSSR count). The summed E-state index contributed by atoms with van der Waals surface area (Å²) in [5.74, 6) is 2.08. The summed E-state index contributed by atoms with van der Waals surface area (Å²) >= 11 is 0. The van der Waals surface area contributed by atoms with E-state index in [1.165, 1.54) is 5.56 Å². The molecule has 106 valence electrons. The van der Waals surface area contributed by atoms with Crippen LogP contribution in [-0.2, 0) is 13.0 Å². The fraction of sp³-hybridized carbons (Fsp3) is 0.467. The number of nitrogens with zero attached hydrogens (tertiary/aromatic N) is 2. The maximum Gasteiger partial charge on any atom is 0.253 e. The fourth-order valence-corrected chi connectivity index (χ4v) is 2.44. The van der Waals surface area contributed by atoms with Crippen LogP contribution in [0.5, 0.6) is 5.75 Å². The van der Waals surface area contributed by atoms with E-state index in [1.807, 2.05) is 18.2 Å². The number of aryl methyl sites for hydroxylation is 1. The van der Waals surface area contributed by atoms with Gasteiger partial charge >= 0.3 is 0 Å². The number of ether oxygens (including phenoxy) is 1. The van der Waals surface area contributed by atoms with Gasteiger partial charge in [0.05, 0.1) is 6.04 Å². The van der Waals surface area contributed by atoms with Gasteiger partial charge < -0.3 is 14.5 Å². The lowest BCUT2D eigenvalue weighted by Gasteiger charge is -2.08. The van der Waals surface area contributed by atoms with Crippen LogP contribution in [0, 0.1) is 0 Å². The first-order chi connectivity index (χ1) is 9.86. The standard InChI is InChI=1S/C15H19N3O2/c1-2-11-6-3-4-8-13(11)19-10-14-17-18-15(20-14)12-7-5-9-16-12/h3-4,6,8,12,16H,2,5,7,9-10H2,1H3. The van der Waals surface area contributed by atoms with Gasteiger partial charge in [-0.25, -0.2) is 0 Å². The average Bonchev–Trinajstić information content (AvgIpc) is 3.16. The van der Waals surface area contributed by atoms with E-state index in [0.717, 1.165) is 31.6 Å². The summed E-state index contributed by atoms with van der Waals surface area (Å²) in [6.07, 6.45) is 3.15. The molecule has 5 heteroatoms. The first kappa shape index (κ1) is 13.1. The van der Waals surface area contributed by atoms with E-state index in [4.69, 9.17) is 9.15 Å². The maximum absolute atomic E-state index is 5.77. The van der Waals surface area contributed by atoms with Crippen molar-refractivity contribution in [3.05, 3.63) is 41.6 Å². The van der Waals surface area contributed by atoms with Crippen molar-refractivity contribution in [2.75, 3.05) is 6.54 Å². The van der Waals surface area contributed by atoms with Gasteiger partial charge in [-0.3, -0.25) is 0 Å². The molecule has 1 saturated heterocycles.